The Bertz CT molecular complexity index is 932. The van der Waals surface area contributed by atoms with Crippen molar-refractivity contribution in [2.45, 2.75) is 4.90 Å². The first-order valence-corrected chi connectivity index (χ1v) is 9.68. The van der Waals surface area contributed by atoms with Crippen molar-refractivity contribution in [2.75, 3.05) is 43.2 Å². The minimum Gasteiger partial charge on any atom is -0.395 e. The van der Waals surface area contributed by atoms with Crippen molar-refractivity contribution in [3.8, 4) is 6.07 Å². The highest BCUT2D eigenvalue weighted by atomic mass is 32.2. The monoisotopic (exact) mass is 395 g/mol. The number of hydrogen-bond acceptors (Lipinski definition) is 7. The number of nitriles is 1. The van der Waals surface area contributed by atoms with Crippen LogP contribution in [0.15, 0.2) is 64.0 Å². The van der Waals surface area contributed by atoms with Gasteiger partial charge in [-0.05, 0) is 18.2 Å². The zero-order chi connectivity index (χ0) is 20.1. The van der Waals surface area contributed by atoms with Crippen LogP contribution in [-0.2, 0) is 0 Å². The number of Topliss-reactive ketones (excluding diaryl/α,β-unsaturated/α-hetero) is 1. The fraction of sp³-hybridized carbons (Fsp3) is 0.238. The lowest BCUT2D eigenvalue weighted by Crippen LogP contribution is -2.29. The number of anilines is 2. The molecular formula is C21H21N3O3S. The molecule has 0 spiro atoms. The topological polar surface area (TPSA) is 87.8 Å². The summed E-state index contributed by atoms with van der Waals surface area (Å²) >= 11 is 1.38. The molecule has 0 unspecified atom stereocenters. The van der Waals surface area contributed by atoms with Crippen molar-refractivity contribution in [1.29, 1.82) is 5.26 Å². The van der Waals surface area contributed by atoms with Crippen molar-refractivity contribution < 1.29 is 15.0 Å². The van der Waals surface area contributed by atoms with Gasteiger partial charge in [0.1, 0.15) is 16.7 Å². The van der Waals surface area contributed by atoms with Gasteiger partial charge < -0.3 is 20.0 Å². The number of ketones is 1. The van der Waals surface area contributed by atoms with E-state index in [0.29, 0.717) is 23.7 Å². The summed E-state index contributed by atoms with van der Waals surface area (Å²) in [5.74, 6) is -0.298. The summed E-state index contributed by atoms with van der Waals surface area (Å²) in [4.78, 5) is 17.5. The molecule has 1 aliphatic rings. The second kappa shape index (κ2) is 8.93. The number of carbonyl (C=O) groups excluding carboxylic acids is 1. The predicted molar refractivity (Wildman–Crippen MR) is 110 cm³/mol. The number of aliphatic hydroxyl groups is 2. The lowest BCUT2D eigenvalue weighted by atomic mass is 10.1. The number of aliphatic hydroxyl groups excluding tert-OH is 2. The fourth-order valence-corrected chi connectivity index (χ4v) is 4.27. The summed E-state index contributed by atoms with van der Waals surface area (Å²) in [6.07, 6.45) is 0. The van der Waals surface area contributed by atoms with Crippen LogP contribution in [0.5, 0.6) is 0 Å². The number of fused-ring (bicyclic) bond motifs is 1. The van der Waals surface area contributed by atoms with Crippen LogP contribution < -0.4 is 9.80 Å². The van der Waals surface area contributed by atoms with E-state index in [2.05, 4.69) is 6.07 Å². The molecule has 0 atom stereocenters. The maximum absolute atomic E-state index is 12.8. The van der Waals surface area contributed by atoms with Crippen molar-refractivity contribution in [2.24, 2.45) is 0 Å². The van der Waals surface area contributed by atoms with Gasteiger partial charge in [-0.3, -0.25) is 4.79 Å². The zero-order valence-corrected chi connectivity index (χ0v) is 16.3. The van der Waals surface area contributed by atoms with Crippen molar-refractivity contribution in [3.63, 3.8) is 0 Å². The molecule has 0 aromatic heterocycles. The van der Waals surface area contributed by atoms with Crippen LogP contribution in [0.3, 0.4) is 0 Å². The Morgan fingerprint density at radius 3 is 2.43 bits per heavy atom. The third kappa shape index (κ3) is 3.90. The van der Waals surface area contributed by atoms with E-state index >= 15 is 0 Å². The largest absolute Gasteiger partial charge is 0.395 e. The van der Waals surface area contributed by atoms with Crippen LogP contribution in [0.25, 0.3) is 0 Å². The van der Waals surface area contributed by atoms with Gasteiger partial charge in [0.05, 0.1) is 18.9 Å². The molecule has 2 aromatic carbocycles. The fourth-order valence-electron chi connectivity index (χ4n) is 3.10. The number of carbonyl (C=O) groups is 1. The molecule has 144 valence electrons. The number of nitrogens with zero attached hydrogens (tertiary/aromatic N) is 3. The molecule has 2 aromatic rings. The van der Waals surface area contributed by atoms with Gasteiger partial charge in [0.25, 0.3) is 0 Å². The van der Waals surface area contributed by atoms with Gasteiger partial charge in [0, 0.05) is 36.3 Å². The third-order valence-electron chi connectivity index (χ3n) is 4.51. The Balaban J connectivity index is 1.96. The standard InChI is InChI=1S/C21H21N3O3S/c1-23-18-8-7-16(24(9-11-25)10-12-26)13-19(18)28-21(23)17(14-22)20(27)15-5-3-2-4-6-15/h2-8,13,25-26H,9-12H2,1H3. The first-order valence-electron chi connectivity index (χ1n) is 8.87. The predicted octanol–water partition coefficient (Wildman–Crippen LogP) is 2.64. The number of thioether (sulfide) groups is 1. The summed E-state index contributed by atoms with van der Waals surface area (Å²) in [5, 5.41) is 28.8. The maximum atomic E-state index is 12.8. The molecule has 0 bridgehead atoms. The van der Waals surface area contributed by atoms with E-state index in [-0.39, 0.29) is 24.6 Å². The van der Waals surface area contributed by atoms with Gasteiger partial charge in [0.2, 0.25) is 5.78 Å². The van der Waals surface area contributed by atoms with Crippen LogP contribution in [0, 0.1) is 11.3 Å². The number of hydrogen-bond donors (Lipinski definition) is 2. The Morgan fingerprint density at radius 2 is 1.82 bits per heavy atom. The van der Waals surface area contributed by atoms with Crippen LogP contribution in [0.4, 0.5) is 11.4 Å². The van der Waals surface area contributed by atoms with Gasteiger partial charge in [-0.15, -0.1) is 0 Å². The van der Waals surface area contributed by atoms with Crippen LogP contribution in [-0.4, -0.2) is 49.3 Å². The molecule has 2 N–H and O–H groups in total. The van der Waals surface area contributed by atoms with Gasteiger partial charge in [0.15, 0.2) is 0 Å². The van der Waals surface area contributed by atoms with E-state index in [9.17, 15) is 20.3 Å². The summed E-state index contributed by atoms with van der Waals surface area (Å²) in [5.41, 5.74) is 2.37. The van der Waals surface area contributed by atoms with Crippen molar-refractivity contribution in [3.05, 3.63) is 64.7 Å². The Kier molecular flexibility index (Phi) is 6.37. The second-order valence-corrected chi connectivity index (χ2v) is 7.27. The normalized spacial score (nSPS) is 14.4. The number of allylic oxidation sites excluding steroid dienone is 1. The lowest BCUT2D eigenvalue weighted by Gasteiger charge is -2.23. The molecule has 6 nitrogen and oxygen atoms in total. The summed E-state index contributed by atoms with van der Waals surface area (Å²) in [6.45, 7) is 0.801. The molecule has 0 radical (unpaired) electrons. The Hall–Kier alpha value is -2.79. The van der Waals surface area contributed by atoms with E-state index in [1.165, 1.54) is 11.8 Å². The molecule has 3 rings (SSSR count). The van der Waals surface area contributed by atoms with Crippen LogP contribution >= 0.6 is 11.8 Å². The Morgan fingerprint density at radius 1 is 1.14 bits per heavy atom. The molecule has 0 fully saturated rings. The zero-order valence-electron chi connectivity index (χ0n) is 15.5. The smallest absolute Gasteiger partial charge is 0.206 e. The SMILES string of the molecule is CN1C(=C(C#N)C(=O)c2ccccc2)Sc2cc(N(CCO)CCO)ccc21. The van der Waals surface area contributed by atoms with Crippen LogP contribution in [0.1, 0.15) is 10.4 Å². The summed E-state index contributed by atoms with van der Waals surface area (Å²) in [7, 11) is 1.84. The minimum absolute atomic E-state index is 0.0144. The molecule has 28 heavy (non-hydrogen) atoms. The number of benzene rings is 2. The molecule has 1 heterocycles. The summed E-state index contributed by atoms with van der Waals surface area (Å²) in [6, 6.07) is 16.6. The van der Waals surface area contributed by atoms with E-state index in [4.69, 9.17) is 0 Å². The van der Waals surface area contributed by atoms with Gasteiger partial charge in [-0.1, -0.05) is 42.1 Å². The molecule has 0 aliphatic carbocycles. The quantitative estimate of drug-likeness (QED) is 0.423. The van der Waals surface area contributed by atoms with E-state index < -0.39 is 0 Å². The molecule has 0 saturated heterocycles. The third-order valence-corrected chi connectivity index (χ3v) is 5.73. The first-order chi connectivity index (χ1) is 13.6. The minimum atomic E-state index is -0.298. The van der Waals surface area contributed by atoms with Crippen LogP contribution in [0.2, 0.25) is 0 Å². The van der Waals surface area contributed by atoms with E-state index in [1.807, 2.05) is 41.1 Å². The van der Waals surface area contributed by atoms with Crippen molar-refractivity contribution >= 4 is 28.9 Å². The molecular weight excluding hydrogens is 374 g/mol. The molecule has 0 amide bonds. The van der Waals surface area contributed by atoms with Crippen molar-refractivity contribution in [1.82, 2.24) is 0 Å². The molecule has 7 heteroatoms. The molecule has 1 aliphatic heterocycles. The average molecular weight is 395 g/mol. The van der Waals surface area contributed by atoms with Gasteiger partial charge >= 0.3 is 0 Å². The van der Waals surface area contributed by atoms with E-state index in [1.54, 1.807) is 24.3 Å². The lowest BCUT2D eigenvalue weighted by molar-refractivity contribution is 0.103. The summed E-state index contributed by atoms with van der Waals surface area (Å²) < 4.78 is 0. The average Bonchev–Trinajstić information content (AvgIpc) is 3.05. The maximum Gasteiger partial charge on any atom is 0.206 e. The highest BCUT2D eigenvalue weighted by Crippen LogP contribution is 2.47. The van der Waals surface area contributed by atoms with Gasteiger partial charge in [-0.2, -0.15) is 5.26 Å². The Labute approximate surface area is 168 Å². The van der Waals surface area contributed by atoms with E-state index in [0.717, 1.165) is 16.3 Å². The van der Waals surface area contributed by atoms with Gasteiger partial charge in [-0.25, -0.2) is 0 Å². The number of rotatable bonds is 7. The highest BCUT2D eigenvalue weighted by Gasteiger charge is 2.29. The second-order valence-electron chi connectivity index (χ2n) is 6.23. The molecule has 0 saturated carbocycles. The highest BCUT2D eigenvalue weighted by molar-refractivity contribution is 8.03. The first kappa shape index (κ1) is 20.0.